The molecule has 2 heterocycles. The van der Waals surface area contributed by atoms with Crippen LogP contribution in [0.3, 0.4) is 0 Å². The van der Waals surface area contributed by atoms with Crippen LogP contribution in [-0.2, 0) is 0 Å². The Kier molecular flexibility index (Phi) is 1.73. The van der Waals surface area contributed by atoms with E-state index in [2.05, 4.69) is 15.2 Å². The number of nitrogens with zero attached hydrogens (tertiary/aromatic N) is 2. The van der Waals surface area contributed by atoms with Crippen LogP contribution in [0.2, 0.25) is 0 Å². The van der Waals surface area contributed by atoms with E-state index in [9.17, 15) is 0 Å². The summed E-state index contributed by atoms with van der Waals surface area (Å²) in [5.41, 5.74) is 9.12. The molecule has 3 aromatic rings. The molecule has 0 atom stereocenters. The van der Waals surface area contributed by atoms with Crippen LogP contribution in [0.1, 0.15) is 5.56 Å². The van der Waals surface area contributed by atoms with Gasteiger partial charge in [0.15, 0.2) is 5.58 Å². The van der Waals surface area contributed by atoms with Crippen molar-refractivity contribution in [3.63, 3.8) is 0 Å². The van der Waals surface area contributed by atoms with E-state index in [0.29, 0.717) is 17.3 Å². The Hall–Kier alpha value is -2.30. The Labute approximate surface area is 91.3 Å². The normalized spacial score (nSPS) is 11.1. The van der Waals surface area contributed by atoms with Gasteiger partial charge in [0.05, 0.1) is 11.8 Å². The summed E-state index contributed by atoms with van der Waals surface area (Å²) < 4.78 is 5.60. The lowest BCUT2D eigenvalue weighted by atomic mass is 10.2. The van der Waals surface area contributed by atoms with Gasteiger partial charge in [0, 0.05) is 0 Å². The van der Waals surface area contributed by atoms with Crippen LogP contribution >= 0.6 is 0 Å². The zero-order chi connectivity index (χ0) is 11.1. The van der Waals surface area contributed by atoms with Crippen molar-refractivity contribution < 1.29 is 4.42 Å². The first-order valence-electron chi connectivity index (χ1n) is 4.90. The van der Waals surface area contributed by atoms with Gasteiger partial charge in [-0.25, -0.2) is 4.98 Å². The highest BCUT2D eigenvalue weighted by molar-refractivity contribution is 5.78. The molecule has 0 spiro atoms. The Morgan fingerprint density at radius 3 is 3.00 bits per heavy atom. The van der Waals surface area contributed by atoms with Crippen molar-refractivity contribution in [3.8, 4) is 11.5 Å². The van der Waals surface area contributed by atoms with Gasteiger partial charge in [0.2, 0.25) is 5.89 Å². The fourth-order valence-electron chi connectivity index (χ4n) is 1.62. The van der Waals surface area contributed by atoms with E-state index in [0.717, 1.165) is 16.7 Å². The standard InChI is InChI=1S/C11H10N4O/c1-6-2-3-9-8(4-6)14-11(16-9)7-5-13-15-10(7)12/h2-5H,1H3,(H3,12,13,15). The van der Waals surface area contributed by atoms with Crippen LogP contribution < -0.4 is 5.73 Å². The van der Waals surface area contributed by atoms with Gasteiger partial charge in [0.1, 0.15) is 11.3 Å². The number of aromatic amines is 1. The molecular formula is C11H10N4O. The lowest BCUT2D eigenvalue weighted by Crippen LogP contribution is -1.87. The number of H-pyrrole nitrogens is 1. The van der Waals surface area contributed by atoms with Gasteiger partial charge < -0.3 is 10.2 Å². The van der Waals surface area contributed by atoms with Crippen LogP contribution in [0.15, 0.2) is 28.8 Å². The van der Waals surface area contributed by atoms with Crippen molar-refractivity contribution in [2.45, 2.75) is 6.92 Å². The Morgan fingerprint density at radius 2 is 2.25 bits per heavy atom. The molecule has 0 aliphatic rings. The maximum absolute atomic E-state index is 5.71. The molecule has 3 N–H and O–H groups in total. The van der Waals surface area contributed by atoms with E-state index in [-0.39, 0.29) is 0 Å². The number of nitrogens with one attached hydrogen (secondary N) is 1. The van der Waals surface area contributed by atoms with Crippen molar-refractivity contribution in [2.75, 3.05) is 5.73 Å². The van der Waals surface area contributed by atoms with E-state index in [1.54, 1.807) is 6.20 Å². The minimum Gasteiger partial charge on any atom is -0.436 e. The molecule has 80 valence electrons. The molecule has 0 saturated carbocycles. The smallest absolute Gasteiger partial charge is 0.232 e. The molecule has 0 aliphatic heterocycles. The van der Waals surface area contributed by atoms with E-state index in [1.807, 2.05) is 25.1 Å². The Bertz CT molecular complexity index is 653. The van der Waals surface area contributed by atoms with E-state index in [1.165, 1.54) is 0 Å². The van der Waals surface area contributed by atoms with Crippen LogP contribution in [0, 0.1) is 6.92 Å². The monoisotopic (exact) mass is 214 g/mol. The molecule has 1 aromatic carbocycles. The van der Waals surface area contributed by atoms with Gasteiger partial charge in [-0.2, -0.15) is 5.10 Å². The number of nitrogens with two attached hydrogens (primary N) is 1. The molecule has 2 aromatic heterocycles. The summed E-state index contributed by atoms with van der Waals surface area (Å²) in [6.07, 6.45) is 1.60. The molecule has 0 fully saturated rings. The molecule has 0 saturated heterocycles. The number of hydrogen-bond donors (Lipinski definition) is 2. The second kappa shape index (κ2) is 3.10. The highest BCUT2D eigenvalue weighted by Gasteiger charge is 2.12. The number of oxazole rings is 1. The van der Waals surface area contributed by atoms with Gasteiger partial charge in [-0.3, -0.25) is 5.10 Å². The van der Waals surface area contributed by atoms with Crippen molar-refractivity contribution in [3.05, 3.63) is 30.0 Å². The number of benzene rings is 1. The third-order valence-corrected chi connectivity index (χ3v) is 2.44. The number of fused-ring (bicyclic) bond motifs is 1. The predicted molar refractivity (Wildman–Crippen MR) is 60.7 cm³/mol. The third kappa shape index (κ3) is 1.25. The van der Waals surface area contributed by atoms with E-state index >= 15 is 0 Å². The number of hydrogen-bond acceptors (Lipinski definition) is 4. The van der Waals surface area contributed by atoms with Crippen LogP contribution in [-0.4, -0.2) is 15.2 Å². The van der Waals surface area contributed by atoms with Gasteiger partial charge in [0.25, 0.3) is 0 Å². The first kappa shape index (κ1) is 8.96. The number of nitrogen functional groups attached to an aromatic ring is 1. The maximum atomic E-state index is 5.71. The first-order chi connectivity index (χ1) is 7.74. The second-order valence-electron chi connectivity index (χ2n) is 3.69. The molecule has 5 nitrogen and oxygen atoms in total. The molecule has 0 radical (unpaired) electrons. The second-order valence-corrected chi connectivity index (χ2v) is 3.69. The highest BCUT2D eigenvalue weighted by atomic mass is 16.3. The molecule has 0 unspecified atom stereocenters. The zero-order valence-electron chi connectivity index (χ0n) is 8.69. The van der Waals surface area contributed by atoms with Gasteiger partial charge >= 0.3 is 0 Å². The first-order valence-corrected chi connectivity index (χ1v) is 4.90. The van der Waals surface area contributed by atoms with Crippen molar-refractivity contribution >= 4 is 16.9 Å². The lowest BCUT2D eigenvalue weighted by molar-refractivity contribution is 0.620. The predicted octanol–water partition coefficient (Wildman–Crippen LogP) is 2.11. The summed E-state index contributed by atoms with van der Waals surface area (Å²) in [7, 11) is 0. The molecule has 5 heteroatoms. The van der Waals surface area contributed by atoms with Gasteiger partial charge in [-0.1, -0.05) is 6.07 Å². The summed E-state index contributed by atoms with van der Waals surface area (Å²) in [5, 5.41) is 6.49. The quantitative estimate of drug-likeness (QED) is 0.650. The third-order valence-electron chi connectivity index (χ3n) is 2.44. The van der Waals surface area contributed by atoms with Crippen LogP contribution in [0.4, 0.5) is 5.82 Å². The fourth-order valence-corrected chi connectivity index (χ4v) is 1.62. The maximum Gasteiger partial charge on any atom is 0.232 e. The average Bonchev–Trinajstić information content (AvgIpc) is 2.82. The number of aromatic nitrogens is 3. The Morgan fingerprint density at radius 1 is 1.38 bits per heavy atom. The van der Waals surface area contributed by atoms with Crippen molar-refractivity contribution in [1.29, 1.82) is 0 Å². The largest absolute Gasteiger partial charge is 0.436 e. The van der Waals surface area contributed by atoms with E-state index < -0.39 is 0 Å². The fraction of sp³-hybridized carbons (Fsp3) is 0.0909. The summed E-state index contributed by atoms with van der Waals surface area (Å²) in [5.74, 6) is 0.954. The summed E-state index contributed by atoms with van der Waals surface area (Å²) in [6.45, 7) is 2.01. The Balaban J connectivity index is 2.23. The van der Waals surface area contributed by atoms with Gasteiger partial charge in [-0.15, -0.1) is 0 Å². The number of rotatable bonds is 1. The average molecular weight is 214 g/mol. The van der Waals surface area contributed by atoms with E-state index in [4.69, 9.17) is 10.2 Å². The molecule has 0 bridgehead atoms. The minimum absolute atomic E-state index is 0.461. The highest BCUT2D eigenvalue weighted by Crippen LogP contribution is 2.27. The summed E-state index contributed by atoms with van der Waals surface area (Å²) in [4.78, 5) is 4.37. The van der Waals surface area contributed by atoms with Crippen LogP contribution in [0.5, 0.6) is 0 Å². The summed E-state index contributed by atoms with van der Waals surface area (Å²) in [6, 6.07) is 5.85. The van der Waals surface area contributed by atoms with Gasteiger partial charge in [-0.05, 0) is 24.6 Å². The molecule has 0 amide bonds. The molecule has 16 heavy (non-hydrogen) atoms. The number of anilines is 1. The SMILES string of the molecule is Cc1ccc2oc(-c3cn[nH]c3N)nc2c1. The minimum atomic E-state index is 0.461. The van der Waals surface area contributed by atoms with Crippen molar-refractivity contribution in [1.82, 2.24) is 15.2 Å². The van der Waals surface area contributed by atoms with Crippen LogP contribution in [0.25, 0.3) is 22.6 Å². The molecule has 3 rings (SSSR count). The molecule has 0 aliphatic carbocycles. The number of aryl methyl sites for hydroxylation is 1. The zero-order valence-corrected chi connectivity index (χ0v) is 8.69. The summed E-state index contributed by atoms with van der Waals surface area (Å²) >= 11 is 0. The molecular weight excluding hydrogens is 204 g/mol. The topological polar surface area (TPSA) is 80.7 Å². The lowest BCUT2D eigenvalue weighted by Gasteiger charge is -1.89. The van der Waals surface area contributed by atoms with Crippen molar-refractivity contribution in [2.24, 2.45) is 0 Å².